The largest absolute Gasteiger partial charge is 0.424 e. The number of carbonyl (C=O) groups excluding carboxylic acids is 1. The number of hydrogen-bond acceptors (Lipinski definition) is 4. The number of pyridine rings is 1. The molecule has 1 aliphatic heterocycles. The van der Waals surface area contributed by atoms with Crippen LogP contribution < -0.4 is 0 Å². The van der Waals surface area contributed by atoms with Crippen molar-refractivity contribution in [3.63, 3.8) is 0 Å². The van der Waals surface area contributed by atoms with Crippen LogP contribution in [-0.4, -0.2) is 64.8 Å². The van der Waals surface area contributed by atoms with Gasteiger partial charge in [-0.15, -0.1) is 0 Å². The number of halogens is 4. The first kappa shape index (κ1) is 25.8. The van der Waals surface area contributed by atoms with E-state index in [1.54, 1.807) is 12.4 Å². The zero-order valence-electron chi connectivity index (χ0n) is 19.6. The summed E-state index contributed by atoms with van der Waals surface area (Å²) in [4.78, 5) is 20.7. The quantitative estimate of drug-likeness (QED) is 0.489. The van der Waals surface area contributed by atoms with Crippen LogP contribution in [0, 0.1) is 0 Å². The number of aliphatic hydroxyl groups is 1. The van der Waals surface area contributed by atoms with E-state index in [4.69, 9.17) is 0 Å². The Morgan fingerprint density at radius 3 is 1.92 bits per heavy atom. The van der Waals surface area contributed by atoms with Crippen LogP contribution in [0.1, 0.15) is 16.7 Å². The van der Waals surface area contributed by atoms with Gasteiger partial charge in [0.25, 0.3) is 0 Å². The van der Waals surface area contributed by atoms with Crippen molar-refractivity contribution in [1.29, 1.82) is 0 Å². The normalized spacial score (nSPS) is 16.5. The van der Waals surface area contributed by atoms with Crippen molar-refractivity contribution in [2.24, 2.45) is 0 Å². The van der Waals surface area contributed by atoms with Crippen molar-refractivity contribution in [3.05, 3.63) is 89.7 Å². The third-order valence-electron chi connectivity index (χ3n) is 6.55. The van der Waals surface area contributed by atoms with Crippen LogP contribution in [-0.2, 0) is 23.4 Å². The van der Waals surface area contributed by atoms with E-state index in [0.29, 0.717) is 25.1 Å². The van der Waals surface area contributed by atoms with E-state index in [1.807, 2.05) is 41.3 Å². The SMILES string of the molecule is O=C(Cc1ccncc1)N1CCN(Cc2ccc(-c3ccc(C(O)(CF)C(F)(F)F)cc3)cc2)CC1. The van der Waals surface area contributed by atoms with Crippen molar-refractivity contribution in [2.75, 3.05) is 32.9 Å². The molecule has 0 aliphatic carbocycles. The molecule has 1 atom stereocenters. The summed E-state index contributed by atoms with van der Waals surface area (Å²) in [6.45, 7) is 1.64. The molecule has 0 radical (unpaired) electrons. The summed E-state index contributed by atoms with van der Waals surface area (Å²) >= 11 is 0. The molecule has 0 saturated carbocycles. The molecule has 36 heavy (non-hydrogen) atoms. The number of piperazine rings is 1. The second-order valence-electron chi connectivity index (χ2n) is 8.96. The summed E-state index contributed by atoms with van der Waals surface area (Å²) in [5.41, 5.74) is -0.552. The van der Waals surface area contributed by atoms with Gasteiger partial charge in [-0.05, 0) is 39.9 Å². The average Bonchev–Trinajstić information content (AvgIpc) is 2.89. The van der Waals surface area contributed by atoms with Gasteiger partial charge in [0.1, 0.15) is 6.67 Å². The van der Waals surface area contributed by atoms with Gasteiger partial charge < -0.3 is 10.0 Å². The first-order valence-electron chi connectivity index (χ1n) is 11.6. The molecule has 1 fully saturated rings. The lowest BCUT2D eigenvalue weighted by Gasteiger charge is -2.35. The highest BCUT2D eigenvalue weighted by atomic mass is 19.4. The second kappa shape index (κ2) is 10.8. The first-order chi connectivity index (χ1) is 17.2. The predicted molar refractivity (Wildman–Crippen MR) is 128 cm³/mol. The van der Waals surface area contributed by atoms with Crippen LogP contribution >= 0.6 is 0 Å². The van der Waals surface area contributed by atoms with Gasteiger partial charge in [0.05, 0.1) is 6.42 Å². The average molecular weight is 502 g/mol. The zero-order chi connectivity index (χ0) is 25.8. The number of carbonyl (C=O) groups is 1. The fourth-order valence-corrected chi connectivity index (χ4v) is 4.26. The lowest BCUT2D eigenvalue weighted by atomic mass is 9.92. The number of hydrogen-bond donors (Lipinski definition) is 1. The Morgan fingerprint density at radius 2 is 1.39 bits per heavy atom. The smallest absolute Gasteiger partial charge is 0.374 e. The Kier molecular flexibility index (Phi) is 7.70. The highest BCUT2D eigenvalue weighted by Gasteiger charge is 2.55. The highest BCUT2D eigenvalue weighted by Crippen LogP contribution is 2.39. The van der Waals surface area contributed by atoms with Crippen molar-refractivity contribution >= 4 is 5.91 Å². The molecule has 1 aliphatic rings. The first-order valence-corrected chi connectivity index (χ1v) is 11.6. The van der Waals surface area contributed by atoms with Crippen LogP contribution in [0.25, 0.3) is 11.1 Å². The molecule has 0 spiro atoms. The monoisotopic (exact) mass is 501 g/mol. The number of alkyl halides is 4. The molecule has 1 saturated heterocycles. The molecule has 1 amide bonds. The van der Waals surface area contributed by atoms with Crippen LogP contribution in [0.2, 0.25) is 0 Å². The van der Waals surface area contributed by atoms with E-state index in [2.05, 4.69) is 9.88 Å². The van der Waals surface area contributed by atoms with E-state index in [-0.39, 0.29) is 5.91 Å². The van der Waals surface area contributed by atoms with Crippen molar-refractivity contribution in [1.82, 2.24) is 14.8 Å². The zero-order valence-corrected chi connectivity index (χ0v) is 19.6. The summed E-state index contributed by atoms with van der Waals surface area (Å²) < 4.78 is 52.3. The Bertz CT molecular complexity index is 1150. The Balaban J connectivity index is 1.31. The van der Waals surface area contributed by atoms with Crippen LogP contribution in [0.3, 0.4) is 0 Å². The molecule has 9 heteroatoms. The third kappa shape index (κ3) is 5.74. The van der Waals surface area contributed by atoms with Gasteiger partial charge in [-0.3, -0.25) is 14.7 Å². The van der Waals surface area contributed by atoms with Gasteiger partial charge in [0.2, 0.25) is 11.5 Å². The summed E-state index contributed by atoms with van der Waals surface area (Å²) in [6.07, 6.45) is -1.38. The van der Waals surface area contributed by atoms with E-state index in [9.17, 15) is 27.5 Å². The molecule has 2 heterocycles. The summed E-state index contributed by atoms with van der Waals surface area (Å²) in [6, 6.07) is 16.5. The summed E-state index contributed by atoms with van der Waals surface area (Å²) in [5, 5.41) is 9.77. The van der Waals surface area contributed by atoms with Crippen molar-refractivity contribution in [2.45, 2.75) is 24.7 Å². The number of benzene rings is 2. The van der Waals surface area contributed by atoms with E-state index < -0.39 is 24.0 Å². The summed E-state index contributed by atoms with van der Waals surface area (Å²) in [7, 11) is 0. The van der Waals surface area contributed by atoms with Crippen LogP contribution in [0.4, 0.5) is 17.6 Å². The molecule has 1 unspecified atom stereocenters. The summed E-state index contributed by atoms with van der Waals surface area (Å²) in [5.74, 6) is 0.108. The second-order valence-corrected chi connectivity index (χ2v) is 8.96. The standard InChI is InChI=1S/C27H27F4N3O2/c28-19-26(36,27(29,30)31)24-7-5-23(6-8-24)22-3-1-21(2-4-22)18-33-13-15-34(16-14-33)25(35)17-20-9-11-32-12-10-20/h1-12,36H,13-19H2. The minimum absolute atomic E-state index is 0.108. The lowest BCUT2D eigenvalue weighted by molar-refractivity contribution is -0.271. The molecule has 0 bridgehead atoms. The van der Waals surface area contributed by atoms with Gasteiger partial charge in [-0.1, -0.05) is 48.5 Å². The van der Waals surface area contributed by atoms with Gasteiger partial charge in [-0.25, -0.2) is 4.39 Å². The molecule has 2 aromatic carbocycles. The number of rotatable bonds is 7. The fourth-order valence-electron chi connectivity index (χ4n) is 4.26. The molecule has 4 rings (SSSR count). The highest BCUT2D eigenvalue weighted by molar-refractivity contribution is 5.78. The van der Waals surface area contributed by atoms with E-state index in [1.165, 1.54) is 12.1 Å². The fraction of sp³-hybridized carbons (Fsp3) is 0.333. The van der Waals surface area contributed by atoms with Gasteiger partial charge in [0, 0.05) is 45.1 Å². The lowest BCUT2D eigenvalue weighted by Crippen LogP contribution is -2.48. The van der Waals surface area contributed by atoms with E-state index >= 15 is 0 Å². The molecule has 1 aromatic heterocycles. The Labute approximate surface area is 207 Å². The van der Waals surface area contributed by atoms with Gasteiger partial charge in [-0.2, -0.15) is 13.2 Å². The van der Waals surface area contributed by atoms with Gasteiger partial charge >= 0.3 is 6.18 Å². The minimum atomic E-state index is -5.11. The molecular formula is C27H27F4N3O2. The Hall–Kier alpha value is -3.30. The minimum Gasteiger partial charge on any atom is -0.374 e. The van der Waals surface area contributed by atoms with Gasteiger partial charge in [0.15, 0.2) is 0 Å². The molecular weight excluding hydrogens is 474 g/mol. The third-order valence-corrected chi connectivity index (χ3v) is 6.55. The van der Waals surface area contributed by atoms with Crippen LogP contribution in [0.5, 0.6) is 0 Å². The maximum Gasteiger partial charge on any atom is 0.424 e. The topological polar surface area (TPSA) is 56.7 Å². The maximum atomic E-state index is 13.1. The molecule has 5 nitrogen and oxygen atoms in total. The maximum absolute atomic E-state index is 13.1. The number of aromatic nitrogens is 1. The molecule has 3 aromatic rings. The number of nitrogens with zero attached hydrogens (tertiary/aromatic N) is 3. The molecule has 1 N–H and O–H groups in total. The number of amides is 1. The molecule has 190 valence electrons. The Morgan fingerprint density at radius 1 is 0.833 bits per heavy atom. The van der Waals surface area contributed by atoms with Crippen molar-refractivity contribution < 1.29 is 27.5 Å². The van der Waals surface area contributed by atoms with E-state index in [0.717, 1.165) is 48.5 Å². The van der Waals surface area contributed by atoms with Crippen LogP contribution in [0.15, 0.2) is 73.1 Å². The predicted octanol–water partition coefficient (Wildman–Crippen LogP) is 4.35. The van der Waals surface area contributed by atoms with Crippen molar-refractivity contribution in [3.8, 4) is 11.1 Å².